The Hall–Kier alpha value is -2.24. The smallest absolute Gasteiger partial charge is 0.407 e. The van der Waals surface area contributed by atoms with Crippen LogP contribution >= 0.6 is 0 Å². The van der Waals surface area contributed by atoms with E-state index in [0.29, 0.717) is 0 Å². The first-order valence-electron chi connectivity index (χ1n) is 9.19. The zero-order valence-electron chi connectivity index (χ0n) is 15.9. The summed E-state index contributed by atoms with van der Waals surface area (Å²) in [5, 5.41) is 2.93. The summed E-state index contributed by atoms with van der Waals surface area (Å²) in [6, 6.07) is 9.68. The summed E-state index contributed by atoms with van der Waals surface area (Å²) < 4.78 is 10.7. The molecule has 1 aromatic carbocycles. The molecular weight excluding hydrogens is 332 g/mol. The van der Waals surface area contributed by atoms with Crippen LogP contribution in [0.2, 0.25) is 0 Å². The molecule has 0 saturated heterocycles. The van der Waals surface area contributed by atoms with Crippen molar-refractivity contribution in [3.63, 3.8) is 0 Å². The lowest BCUT2D eigenvalue weighted by molar-refractivity contribution is -0.0172. The van der Waals surface area contributed by atoms with Crippen LogP contribution in [0.25, 0.3) is 0 Å². The molecule has 1 aliphatic rings. The van der Waals surface area contributed by atoms with Gasteiger partial charge in [0.1, 0.15) is 12.7 Å². The first kappa shape index (κ1) is 20.1. The van der Waals surface area contributed by atoms with Gasteiger partial charge in [0.25, 0.3) is 0 Å². The SMILES string of the molecule is CC(C)(C)C(OC(N)=O)C1CCC(NC(=O)OCc2ccccc2)CC1. The predicted molar refractivity (Wildman–Crippen MR) is 99.4 cm³/mol. The molecule has 0 aliphatic heterocycles. The van der Waals surface area contributed by atoms with Gasteiger partial charge in [0.2, 0.25) is 0 Å². The molecule has 1 fully saturated rings. The number of alkyl carbamates (subject to hydrolysis) is 1. The Labute approximate surface area is 155 Å². The molecule has 1 atom stereocenters. The number of benzene rings is 1. The summed E-state index contributed by atoms with van der Waals surface area (Å²) >= 11 is 0. The Balaban J connectivity index is 1.78. The zero-order valence-corrected chi connectivity index (χ0v) is 15.9. The van der Waals surface area contributed by atoms with Gasteiger partial charge in [-0.25, -0.2) is 9.59 Å². The first-order chi connectivity index (χ1) is 12.3. The van der Waals surface area contributed by atoms with Crippen molar-refractivity contribution < 1.29 is 19.1 Å². The number of nitrogens with one attached hydrogen (secondary N) is 1. The Morgan fingerprint density at radius 2 is 1.77 bits per heavy atom. The zero-order chi connectivity index (χ0) is 19.2. The van der Waals surface area contributed by atoms with Gasteiger partial charge in [-0.05, 0) is 42.6 Å². The highest BCUT2D eigenvalue weighted by atomic mass is 16.6. The molecule has 0 heterocycles. The van der Waals surface area contributed by atoms with Gasteiger partial charge in [-0.15, -0.1) is 0 Å². The van der Waals surface area contributed by atoms with E-state index < -0.39 is 12.2 Å². The summed E-state index contributed by atoms with van der Waals surface area (Å²) in [5.74, 6) is 0.251. The van der Waals surface area contributed by atoms with Gasteiger partial charge in [-0.2, -0.15) is 0 Å². The molecule has 0 bridgehead atoms. The first-order valence-corrected chi connectivity index (χ1v) is 9.19. The summed E-state index contributed by atoms with van der Waals surface area (Å²) in [4.78, 5) is 23.2. The molecule has 1 aliphatic carbocycles. The fourth-order valence-electron chi connectivity index (χ4n) is 3.60. The van der Waals surface area contributed by atoms with Crippen molar-refractivity contribution in [2.24, 2.45) is 17.1 Å². The third kappa shape index (κ3) is 6.24. The number of nitrogens with two attached hydrogens (primary N) is 1. The number of hydrogen-bond acceptors (Lipinski definition) is 4. The van der Waals surface area contributed by atoms with E-state index in [4.69, 9.17) is 15.2 Å². The Kier molecular flexibility index (Phi) is 6.89. The molecule has 26 heavy (non-hydrogen) atoms. The summed E-state index contributed by atoms with van der Waals surface area (Å²) in [7, 11) is 0. The fraction of sp³-hybridized carbons (Fsp3) is 0.600. The predicted octanol–water partition coefficient (Wildman–Crippen LogP) is 3.98. The number of primary amides is 1. The van der Waals surface area contributed by atoms with E-state index in [9.17, 15) is 9.59 Å². The quantitative estimate of drug-likeness (QED) is 0.829. The maximum atomic E-state index is 12.0. The topological polar surface area (TPSA) is 90.6 Å². The van der Waals surface area contributed by atoms with E-state index in [1.165, 1.54) is 0 Å². The largest absolute Gasteiger partial charge is 0.446 e. The maximum absolute atomic E-state index is 12.0. The summed E-state index contributed by atoms with van der Waals surface area (Å²) in [6.07, 6.45) is 2.08. The fourth-order valence-corrected chi connectivity index (χ4v) is 3.60. The van der Waals surface area contributed by atoms with Crippen molar-refractivity contribution in [3.8, 4) is 0 Å². The van der Waals surface area contributed by atoms with E-state index in [0.717, 1.165) is 31.2 Å². The van der Waals surface area contributed by atoms with E-state index in [1.54, 1.807) is 0 Å². The minimum absolute atomic E-state index is 0.0868. The van der Waals surface area contributed by atoms with Crippen LogP contribution in [0.15, 0.2) is 30.3 Å². The highest BCUT2D eigenvalue weighted by molar-refractivity contribution is 5.67. The average molecular weight is 362 g/mol. The molecule has 3 N–H and O–H groups in total. The normalized spacial score (nSPS) is 21.5. The van der Waals surface area contributed by atoms with Crippen LogP contribution in [0, 0.1) is 11.3 Å². The Bertz CT molecular complexity index is 590. The van der Waals surface area contributed by atoms with Crippen LogP contribution in [0.3, 0.4) is 0 Å². The van der Waals surface area contributed by atoms with Crippen LogP contribution in [0.5, 0.6) is 0 Å². The number of rotatable bonds is 5. The molecule has 1 saturated carbocycles. The van der Waals surface area contributed by atoms with Crippen molar-refractivity contribution >= 4 is 12.2 Å². The average Bonchev–Trinajstić information content (AvgIpc) is 2.59. The monoisotopic (exact) mass is 362 g/mol. The van der Waals surface area contributed by atoms with Crippen LogP contribution < -0.4 is 11.1 Å². The van der Waals surface area contributed by atoms with Crippen molar-refractivity contribution in [2.45, 2.75) is 65.2 Å². The molecule has 144 valence electrons. The van der Waals surface area contributed by atoms with Crippen molar-refractivity contribution in [1.82, 2.24) is 5.32 Å². The highest BCUT2D eigenvalue weighted by Crippen LogP contribution is 2.37. The molecule has 0 radical (unpaired) electrons. The van der Waals surface area contributed by atoms with Gasteiger partial charge in [-0.3, -0.25) is 0 Å². The second-order valence-corrected chi connectivity index (χ2v) is 8.04. The van der Waals surface area contributed by atoms with E-state index in [-0.39, 0.29) is 30.1 Å². The van der Waals surface area contributed by atoms with Crippen molar-refractivity contribution in [3.05, 3.63) is 35.9 Å². The molecule has 2 amide bonds. The van der Waals surface area contributed by atoms with E-state index >= 15 is 0 Å². The molecule has 6 heteroatoms. The van der Waals surface area contributed by atoms with Gasteiger partial charge in [0.05, 0.1) is 0 Å². The lowest BCUT2D eigenvalue weighted by Gasteiger charge is -2.39. The van der Waals surface area contributed by atoms with Crippen LogP contribution in [-0.2, 0) is 16.1 Å². The molecular formula is C20H30N2O4. The van der Waals surface area contributed by atoms with E-state index in [1.807, 2.05) is 51.1 Å². The molecule has 6 nitrogen and oxygen atoms in total. The molecule has 1 unspecified atom stereocenters. The second-order valence-electron chi connectivity index (χ2n) is 8.04. The minimum atomic E-state index is -0.727. The van der Waals surface area contributed by atoms with Crippen molar-refractivity contribution in [1.29, 1.82) is 0 Å². The van der Waals surface area contributed by atoms with Crippen molar-refractivity contribution in [2.75, 3.05) is 0 Å². The molecule has 2 rings (SSSR count). The van der Waals surface area contributed by atoms with Crippen LogP contribution in [-0.4, -0.2) is 24.3 Å². The number of carbonyl (C=O) groups excluding carboxylic acids is 2. The van der Waals surface area contributed by atoms with Crippen LogP contribution in [0.4, 0.5) is 9.59 Å². The van der Waals surface area contributed by atoms with Gasteiger partial charge in [0.15, 0.2) is 0 Å². The second kappa shape index (κ2) is 8.92. The summed E-state index contributed by atoms with van der Waals surface area (Å²) in [5.41, 5.74) is 6.03. The maximum Gasteiger partial charge on any atom is 0.407 e. The number of ether oxygens (including phenoxy) is 2. The minimum Gasteiger partial charge on any atom is -0.446 e. The van der Waals surface area contributed by atoms with Gasteiger partial charge < -0.3 is 20.5 Å². The Morgan fingerprint density at radius 1 is 1.15 bits per heavy atom. The lowest BCUT2D eigenvalue weighted by atomic mass is 9.74. The van der Waals surface area contributed by atoms with Gasteiger partial charge in [0, 0.05) is 6.04 Å². The third-order valence-electron chi connectivity index (χ3n) is 4.83. The summed E-state index contributed by atoms with van der Waals surface area (Å²) in [6.45, 7) is 6.41. The molecule has 1 aromatic rings. The number of hydrogen-bond donors (Lipinski definition) is 2. The van der Waals surface area contributed by atoms with Gasteiger partial charge >= 0.3 is 12.2 Å². The van der Waals surface area contributed by atoms with E-state index in [2.05, 4.69) is 5.32 Å². The Morgan fingerprint density at radius 3 is 2.31 bits per heavy atom. The number of carbonyl (C=O) groups is 2. The highest BCUT2D eigenvalue weighted by Gasteiger charge is 2.37. The molecule has 0 spiro atoms. The third-order valence-corrected chi connectivity index (χ3v) is 4.83. The van der Waals surface area contributed by atoms with Crippen LogP contribution in [0.1, 0.15) is 52.0 Å². The van der Waals surface area contributed by atoms with Gasteiger partial charge in [-0.1, -0.05) is 51.1 Å². The number of amides is 2. The molecule has 0 aromatic heterocycles. The lowest BCUT2D eigenvalue weighted by Crippen LogP contribution is -2.44. The standard InChI is InChI=1S/C20H30N2O4/c1-20(2,3)17(26-18(21)23)15-9-11-16(12-10-15)22-19(24)25-13-14-7-5-4-6-8-14/h4-8,15-17H,9-13H2,1-3H3,(H2,21,23)(H,22,24).